The second-order valence-corrected chi connectivity index (χ2v) is 8.94. The Bertz CT molecular complexity index is 1480. The molecule has 0 unspecified atom stereocenters. The summed E-state index contributed by atoms with van der Waals surface area (Å²) in [6.45, 7) is -0.0479. The molecule has 1 N–H and O–H groups in total. The third kappa shape index (κ3) is 4.60. The van der Waals surface area contributed by atoms with E-state index in [9.17, 15) is 9.18 Å². The molecule has 0 bridgehead atoms. The number of pyridine rings is 1. The molecule has 0 saturated carbocycles. The zero-order valence-electron chi connectivity index (χ0n) is 18.7. The van der Waals surface area contributed by atoms with E-state index in [1.165, 1.54) is 36.0 Å². The Hall–Kier alpha value is -4.02. The second-order valence-electron chi connectivity index (χ2n) is 7.58. The van der Waals surface area contributed by atoms with Crippen molar-refractivity contribution in [3.8, 4) is 11.5 Å². The van der Waals surface area contributed by atoms with Crippen LogP contribution in [0.1, 0.15) is 16.7 Å². The van der Waals surface area contributed by atoms with Crippen LogP contribution in [0.2, 0.25) is 5.02 Å². The molecule has 180 valence electrons. The first-order valence-electron chi connectivity index (χ1n) is 10.6. The minimum Gasteiger partial charge on any atom is -0.493 e. The van der Waals surface area contributed by atoms with Crippen LogP contribution in [0.3, 0.4) is 0 Å². The van der Waals surface area contributed by atoms with E-state index >= 15 is 0 Å². The number of thioether (sulfide) groups is 1. The number of carbonyl (C=O) groups excluding carboxylic acids is 1. The molecule has 3 heterocycles. The van der Waals surface area contributed by atoms with Crippen LogP contribution >= 0.6 is 23.4 Å². The van der Waals surface area contributed by atoms with Gasteiger partial charge in [0.05, 0.1) is 17.7 Å². The first-order chi connectivity index (χ1) is 17.4. The molecule has 11 heteroatoms. The Kier molecular flexibility index (Phi) is 6.53. The minimum atomic E-state index is -0.573. The van der Waals surface area contributed by atoms with Crippen molar-refractivity contribution in [3.05, 3.63) is 94.0 Å². The molecule has 0 fully saturated rings. The van der Waals surface area contributed by atoms with E-state index in [2.05, 4.69) is 15.1 Å². The molecule has 5 rings (SSSR count). The number of methoxy groups -OCH3 is 1. The van der Waals surface area contributed by atoms with Crippen LogP contribution in [0.25, 0.3) is 6.08 Å². The number of aliphatic imine (C=N–C) groups is 1. The fourth-order valence-corrected chi connectivity index (χ4v) is 4.65. The van der Waals surface area contributed by atoms with Gasteiger partial charge < -0.3 is 9.47 Å². The van der Waals surface area contributed by atoms with Gasteiger partial charge in [0.1, 0.15) is 17.5 Å². The van der Waals surface area contributed by atoms with Crippen LogP contribution in [0.15, 0.2) is 76.6 Å². The predicted molar refractivity (Wildman–Crippen MR) is 137 cm³/mol. The van der Waals surface area contributed by atoms with Gasteiger partial charge in [-0.2, -0.15) is 15.1 Å². The van der Waals surface area contributed by atoms with Crippen LogP contribution in [0.4, 0.5) is 4.39 Å². The summed E-state index contributed by atoms with van der Waals surface area (Å²) in [6, 6.07) is 13.1. The summed E-state index contributed by atoms with van der Waals surface area (Å²) >= 11 is 7.64. The topological polar surface area (TPSA) is 100 Å². The number of halogens is 2. The first-order valence-corrected chi connectivity index (χ1v) is 11.8. The van der Waals surface area contributed by atoms with Gasteiger partial charge in [-0.1, -0.05) is 29.8 Å². The molecule has 0 radical (unpaired) electrons. The maximum absolute atomic E-state index is 14.0. The maximum atomic E-state index is 14.0. The van der Waals surface area contributed by atoms with Gasteiger partial charge in [0.25, 0.3) is 5.91 Å². The zero-order valence-corrected chi connectivity index (χ0v) is 20.3. The summed E-state index contributed by atoms with van der Waals surface area (Å²) in [5, 5.41) is 15.4. The predicted octanol–water partition coefficient (Wildman–Crippen LogP) is 5.13. The Morgan fingerprint density at radius 1 is 1.22 bits per heavy atom. The lowest BCUT2D eigenvalue weighted by molar-refractivity contribution is -0.114. The summed E-state index contributed by atoms with van der Waals surface area (Å²) in [6.07, 6.45) is 4.79. The Morgan fingerprint density at radius 2 is 2.06 bits per heavy atom. The van der Waals surface area contributed by atoms with Gasteiger partial charge >= 0.3 is 0 Å². The van der Waals surface area contributed by atoms with Crippen molar-refractivity contribution >= 4 is 51.4 Å². The molecule has 0 atom stereocenters. The van der Waals surface area contributed by atoms with Crippen LogP contribution in [0.5, 0.6) is 11.5 Å². The molecule has 1 amide bonds. The normalized spacial score (nSPS) is 16.1. The summed E-state index contributed by atoms with van der Waals surface area (Å²) in [5.41, 5.74) is 1.65. The molecule has 1 aromatic heterocycles. The highest BCUT2D eigenvalue weighted by molar-refractivity contribution is 8.27. The number of hydrazone groups is 1. The Balaban J connectivity index is 1.42. The van der Waals surface area contributed by atoms with Crippen LogP contribution in [0, 0.1) is 11.2 Å². The van der Waals surface area contributed by atoms with Crippen LogP contribution in [-0.4, -0.2) is 39.1 Å². The lowest BCUT2D eigenvalue weighted by atomic mass is 10.1. The number of amidine groups is 2. The fourth-order valence-electron chi connectivity index (χ4n) is 3.49. The van der Waals surface area contributed by atoms with E-state index in [0.717, 1.165) is 5.56 Å². The highest BCUT2D eigenvalue weighted by atomic mass is 35.5. The molecule has 0 saturated heterocycles. The monoisotopic (exact) mass is 521 g/mol. The van der Waals surface area contributed by atoms with Crippen molar-refractivity contribution in [1.82, 2.24) is 9.99 Å². The third-order valence-corrected chi connectivity index (χ3v) is 6.49. The number of ether oxygens (including phenoxy) is 2. The SMILES string of the molecule is COc1cc(/C=C2/C(=N)N3N=C(c4cccnc4)SC3=NC2=O)cc(Cl)c1OCc1ccccc1F. The molecule has 36 heavy (non-hydrogen) atoms. The van der Waals surface area contributed by atoms with Gasteiger partial charge in [0, 0.05) is 23.5 Å². The smallest absolute Gasteiger partial charge is 0.283 e. The van der Waals surface area contributed by atoms with E-state index in [1.807, 2.05) is 6.07 Å². The van der Waals surface area contributed by atoms with E-state index in [0.29, 0.717) is 27.1 Å². The number of nitrogens with zero attached hydrogens (tertiary/aromatic N) is 4. The third-order valence-electron chi connectivity index (χ3n) is 5.26. The standard InChI is InChI=1S/C25H17ClFN5O3S/c1-34-20-11-14(10-18(26)21(20)35-13-16-5-2-3-7-19(16)27)9-17-22(28)32-25(30-23(17)33)36-24(31-32)15-6-4-8-29-12-15/h2-12,28H,13H2,1H3/b17-9-,28-22?. The van der Waals surface area contributed by atoms with Crippen molar-refractivity contribution in [3.63, 3.8) is 0 Å². The van der Waals surface area contributed by atoms with Gasteiger partial charge in [-0.15, -0.1) is 0 Å². The highest BCUT2D eigenvalue weighted by Gasteiger charge is 2.36. The Labute approximate surface area is 214 Å². The number of nitrogens with one attached hydrogen (secondary N) is 1. The van der Waals surface area contributed by atoms with Gasteiger partial charge in [-0.05, 0) is 53.7 Å². The molecule has 0 spiro atoms. The van der Waals surface area contributed by atoms with Gasteiger partial charge in [0.15, 0.2) is 17.3 Å². The van der Waals surface area contributed by atoms with E-state index in [-0.39, 0.29) is 28.8 Å². The van der Waals surface area contributed by atoms with Crippen LogP contribution in [-0.2, 0) is 11.4 Å². The summed E-state index contributed by atoms with van der Waals surface area (Å²) in [4.78, 5) is 20.9. The van der Waals surface area contributed by atoms with E-state index in [4.69, 9.17) is 26.5 Å². The summed E-state index contributed by atoms with van der Waals surface area (Å²) in [5.74, 6) is -0.560. The number of rotatable bonds is 6. The van der Waals surface area contributed by atoms with Crippen molar-refractivity contribution < 1.29 is 18.7 Å². The highest BCUT2D eigenvalue weighted by Crippen LogP contribution is 2.38. The number of benzene rings is 2. The number of hydrogen-bond donors (Lipinski definition) is 1. The number of aromatic nitrogens is 1. The number of fused-ring (bicyclic) bond motifs is 1. The zero-order chi connectivity index (χ0) is 25.2. The first kappa shape index (κ1) is 23.7. The lowest BCUT2D eigenvalue weighted by Gasteiger charge is -2.20. The van der Waals surface area contributed by atoms with E-state index in [1.54, 1.807) is 48.8 Å². The lowest BCUT2D eigenvalue weighted by Crippen LogP contribution is -2.35. The molecule has 3 aromatic rings. The molecule has 0 aliphatic carbocycles. The number of amides is 1. The molecule has 2 aliphatic rings. The fraction of sp³-hybridized carbons (Fsp3) is 0.0800. The van der Waals surface area contributed by atoms with Crippen molar-refractivity contribution in [2.45, 2.75) is 6.61 Å². The average Bonchev–Trinajstić information content (AvgIpc) is 3.31. The maximum Gasteiger partial charge on any atom is 0.283 e. The van der Waals surface area contributed by atoms with Crippen LogP contribution < -0.4 is 9.47 Å². The quantitative estimate of drug-likeness (QED) is 0.451. The van der Waals surface area contributed by atoms with Gasteiger partial charge in [-0.25, -0.2) is 4.39 Å². The second kappa shape index (κ2) is 9.92. The molecular weight excluding hydrogens is 505 g/mol. The minimum absolute atomic E-state index is 0.0358. The number of hydrogen-bond acceptors (Lipinski definition) is 7. The molecule has 2 aromatic carbocycles. The van der Waals surface area contributed by atoms with Crippen molar-refractivity contribution in [1.29, 1.82) is 5.41 Å². The number of carbonyl (C=O) groups is 1. The average molecular weight is 522 g/mol. The van der Waals surface area contributed by atoms with E-state index < -0.39 is 11.7 Å². The van der Waals surface area contributed by atoms with Gasteiger partial charge in [0.2, 0.25) is 5.17 Å². The van der Waals surface area contributed by atoms with Gasteiger partial charge in [-0.3, -0.25) is 15.2 Å². The van der Waals surface area contributed by atoms with Crippen molar-refractivity contribution in [2.75, 3.05) is 7.11 Å². The van der Waals surface area contributed by atoms with Crippen molar-refractivity contribution in [2.24, 2.45) is 10.1 Å². The summed E-state index contributed by atoms with van der Waals surface area (Å²) in [7, 11) is 1.44. The Morgan fingerprint density at radius 3 is 2.81 bits per heavy atom. The molecule has 2 aliphatic heterocycles. The molecular formula is C25H17ClFN5O3S. The largest absolute Gasteiger partial charge is 0.493 e. The summed E-state index contributed by atoms with van der Waals surface area (Å²) < 4.78 is 25.1. The molecule has 8 nitrogen and oxygen atoms in total.